The summed E-state index contributed by atoms with van der Waals surface area (Å²) in [4.78, 5) is 14.4. The summed E-state index contributed by atoms with van der Waals surface area (Å²) in [6.45, 7) is 6.49. The summed E-state index contributed by atoms with van der Waals surface area (Å²) in [5, 5.41) is 6.37. The van der Waals surface area contributed by atoms with E-state index in [1.807, 2.05) is 0 Å². The smallest absolute Gasteiger partial charge is 0.237 e. The van der Waals surface area contributed by atoms with Crippen molar-refractivity contribution in [2.24, 2.45) is 0 Å². The van der Waals surface area contributed by atoms with Gasteiger partial charge in [-0.2, -0.15) is 0 Å². The van der Waals surface area contributed by atoms with E-state index in [-0.39, 0.29) is 18.0 Å². The third-order valence-corrected chi connectivity index (χ3v) is 3.75. The van der Waals surface area contributed by atoms with Gasteiger partial charge in [-0.05, 0) is 52.2 Å². The second-order valence-electron chi connectivity index (χ2n) is 5.42. The first-order valence-electron chi connectivity index (χ1n) is 7.02. The lowest BCUT2D eigenvalue weighted by Gasteiger charge is -2.29. The molecule has 1 amide bonds. The molecule has 0 aromatic carbocycles. The Morgan fingerprint density at radius 2 is 2.12 bits per heavy atom. The molecule has 2 fully saturated rings. The number of likely N-dealkylation sites (tertiary alicyclic amines) is 1. The van der Waals surface area contributed by atoms with Crippen LogP contribution in [-0.2, 0) is 4.79 Å². The molecule has 2 aliphatic heterocycles. The fraction of sp³-hybridized carbons (Fsp3) is 0.923. The van der Waals surface area contributed by atoms with Gasteiger partial charge >= 0.3 is 0 Å². The molecule has 0 aromatic rings. The number of hydrogen-bond donors (Lipinski definition) is 2. The molecule has 2 atom stereocenters. The Labute approximate surface area is 104 Å². The van der Waals surface area contributed by atoms with Crippen molar-refractivity contribution in [2.75, 3.05) is 26.2 Å². The fourth-order valence-corrected chi connectivity index (χ4v) is 2.83. The van der Waals surface area contributed by atoms with Gasteiger partial charge in [0.05, 0.1) is 6.04 Å². The Morgan fingerprint density at radius 1 is 1.35 bits per heavy atom. The molecule has 2 heterocycles. The predicted octanol–water partition coefficient (Wildman–Crippen LogP) is 0.729. The first-order chi connectivity index (χ1) is 8.25. The largest absolute Gasteiger partial charge is 0.351 e. The number of hydrogen-bond acceptors (Lipinski definition) is 3. The van der Waals surface area contributed by atoms with Crippen molar-refractivity contribution >= 4 is 5.91 Å². The van der Waals surface area contributed by atoms with Gasteiger partial charge in [0.15, 0.2) is 0 Å². The van der Waals surface area contributed by atoms with Gasteiger partial charge in [-0.1, -0.05) is 6.42 Å². The van der Waals surface area contributed by atoms with Gasteiger partial charge in [0.2, 0.25) is 5.91 Å². The molecular weight excluding hydrogens is 214 g/mol. The lowest BCUT2D eigenvalue weighted by atomic mass is 10.1. The van der Waals surface area contributed by atoms with E-state index < -0.39 is 0 Å². The highest BCUT2D eigenvalue weighted by Crippen LogP contribution is 2.09. The molecule has 0 radical (unpaired) electrons. The van der Waals surface area contributed by atoms with Crippen molar-refractivity contribution in [3.8, 4) is 0 Å². The van der Waals surface area contributed by atoms with Crippen LogP contribution in [0.2, 0.25) is 0 Å². The highest BCUT2D eigenvalue weighted by atomic mass is 16.2. The quantitative estimate of drug-likeness (QED) is 0.760. The van der Waals surface area contributed by atoms with Gasteiger partial charge in [-0.25, -0.2) is 0 Å². The minimum Gasteiger partial charge on any atom is -0.351 e. The molecule has 98 valence electrons. The molecule has 0 saturated carbocycles. The Morgan fingerprint density at radius 3 is 2.76 bits per heavy atom. The van der Waals surface area contributed by atoms with E-state index in [4.69, 9.17) is 0 Å². The molecule has 0 aliphatic carbocycles. The maximum absolute atomic E-state index is 11.9. The van der Waals surface area contributed by atoms with E-state index in [1.54, 1.807) is 0 Å². The summed E-state index contributed by atoms with van der Waals surface area (Å²) in [5.41, 5.74) is 0. The van der Waals surface area contributed by atoms with Crippen LogP contribution in [0.4, 0.5) is 0 Å². The monoisotopic (exact) mass is 239 g/mol. The highest BCUT2D eigenvalue weighted by Gasteiger charge is 2.23. The Bertz CT molecular complexity index is 245. The summed E-state index contributed by atoms with van der Waals surface area (Å²) in [6, 6.07) is 0.321. The summed E-state index contributed by atoms with van der Waals surface area (Å²) in [7, 11) is 0. The summed E-state index contributed by atoms with van der Waals surface area (Å²) < 4.78 is 0. The first kappa shape index (κ1) is 12.8. The molecular formula is C13H25N3O. The summed E-state index contributed by atoms with van der Waals surface area (Å²) in [6.07, 6.45) is 6.10. The molecule has 0 spiro atoms. The molecule has 2 rings (SSSR count). The molecule has 17 heavy (non-hydrogen) atoms. The van der Waals surface area contributed by atoms with Crippen LogP contribution < -0.4 is 10.6 Å². The van der Waals surface area contributed by atoms with Gasteiger partial charge in [0, 0.05) is 12.6 Å². The summed E-state index contributed by atoms with van der Waals surface area (Å²) >= 11 is 0. The van der Waals surface area contributed by atoms with Gasteiger partial charge in [0.25, 0.3) is 0 Å². The second-order valence-corrected chi connectivity index (χ2v) is 5.42. The molecule has 1 unspecified atom stereocenters. The van der Waals surface area contributed by atoms with Crippen LogP contribution in [0, 0.1) is 0 Å². The van der Waals surface area contributed by atoms with E-state index in [9.17, 15) is 4.79 Å². The standard InChI is InChI=1S/C13H25N3O/c1-11(10-16-8-3-2-4-9-16)15-13(17)12-6-5-7-14-12/h11-12,14H,2-10H2,1H3,(H,15,17)/t11?,12-/m1/s1. The van der Waals surface area contributed by atoms with Crippen molar-refractivity contribution in [1.29, 1.82) is 0 Å². The zero-order valence-electron chi connectivity index (χ0n) is 10.9. The zero-order valence-corrected chi connectivity index (χ0v) is 10.9. The summed E-state index contributed by atoms with van der Waals surface area (Å²) in [5.74, 6) is 0.187. The maximum Gasteiger partial charge on any atom is 0.237 e. The normalized spacial score (nSPS) is 27.9. The number of nitrogens with one attached hydrogen (secondary N) is 2. The van der Waals surface area contributed by atoms with Crippen molar-refractivity contribution < 1.29 is 4.79 Å². The molecule has 0 aromatic heterocycles. The zero-order chi connectivity index (χ0) is 12.1. The third-order valence-electron chi connectivity index (χ3n) is 3.75. The van der Waals surface area contributed by atoms with Crippen LogP contribution in [0.3, 0.4) is 0 Å². The van der Waals surface area contributed by atoms with Crippen LogP contribution in [-0.4, -0.2) is 49.1 Å². The minimum absolute atomic E-state index is 0.0544. The topological polar surface area (TPSA) is 44.4 Å². The third kappa shape index (κ3) is 3.96. The number of carbonyl (C=O) groups is 1. The molecule has 4 heteroatoms. The van der Waals surface area contributed by atoms with E-state index >= 15 is 0 Å². The van der Waals surface area contributed by atoms with Crippen molar-refractivity contribution in [1.82, 2.24) is 15.5 Å². The first-order valence-corrected chi connectivity index (χ1v) is 7.02. The van der Waals surface area contributed by atoms with E-state index in [0.717, 1.165) is 25.9 Å². The SMILES string of the molecule is CC(CN1CCCCC1)NC(=O)[C@H]1CCCN1. The van der Waals surface area contributed by atoms with Gasteiger partial charge in [-0.3, -0.25) is 4.79 Å². The maximum atomic E-state index is 11.9. The molecule has 2 N–H and O–H groups in total. The molecule has 2 saturated heterocycles. The van der Waals surface area contributed by atoms with Gasteiger partial charge < -0.3 is 15.5 Å². The number of rotatable bonds is 4. The van der Waals surface area contributed by atoms with Gasteiger partial charge in [0.1, 0.15) is 0 Å². The van der Waals surface area contributed by atoms with Crippen LogP contribution in [0.25, 0.3) is 0 Å². The van der Waals surface area contributed by atoms with Crippen molar-refractivity contribution in [3.05, 3.63) is 0 Å². The average molecular weight is 239 g/mol. The molecule has 0 bridgehead atoms. The van der Waals surface area contributed by atoms with E-state index in [0.29, 0.717) is 0 Å². The number of piperidine rings is 1. The average Bonchev–Trinajstić information content (AvgIpc) is 2.83. The fourth-order valence-electron chi connectivity index (χ4n) is 2.83. The lowest BCUT2D eigenvalue weighted by molar-refractivity contribution is -0.123. The number of amides is 1. The number of carbonyl (C=O) groups excluding carboxylic acids is 1. The number of nitrogens with zero attached hydrogens (tertiary/aromatic N) is 1. The van der Waals surface area contributed by atoms with Crippen LogP contribution in [0.1, 0.15) is 39.0 Å². The Hall–Kier alpha value is -0.610. The lowest BCUT2D eigenvalue weighted by Crippen LogP contribution is -2.48. The van der Waals surface area contributed by atoms with Crippen molar-refractivity contribution in [2.45, 2.75) is 51.1 Å². The predicted molar refractivity (Wildman–Crippen MR) is 68.9 cm³/mol. The van der Waals surface area contributed by atoms with E-state index in [1.165, 1.54) is 32.4 Å². The van der Waals surface area contributed by atoms with E-state index in [2.05, 4.69) is 22.5 Å². The Balaban J connectivity index is 1.68. The Kier molecular flexibility index (Phi) is 4.80. The van der Waals surface area contributed by atoms with Gasteiger partial charge in [-0.15, -0.1) is 0 Å². The van der Waals surface area contributed by atoms with Crippen LogP contribution in [0.15, 0.2) is 0 Å². The minimum atomic E-state index is 0.0544. The van der Waals surface area contributed by atoms with Crippen molar-refractivity contribution in [3.63, 3.8) is 0 Å². The van der Waals surface area contributed by atoms with Crippen LogP contribution >= 0.6 is 0 Å². The van der Waals surface area contributed by atoms with Crippen LogP contribution in [0.5, 0.6) is 0 Å². The highest BCUT2D eigenvalue weighted by molar-refractivity contribution is 5.82. The second kappa shape index (κ2) is 6.36. The molecule has 4 nitrogen and oxygen atoms in total. The molecule has 2 aliphatic rings.